The fourth-order valence-corrected chi connectivity index (χ4v) is 6.41. The van der Waals surface area contributed by atoms with Gasteiger partial charge >= 0.3 is 0 Å². The highest BCUT2D eigenvalue weighted by Gasteiger charge is 2.72. The predicted molar refractivity (Wildman–Crippen MR) is 112 cm³/mol. The molecule has 6 rings (SSSR count). The van der Waals surface area contributed by atoms with Gasteiger partial charge in [-0.2, -0.15) is 0 Å². The molecule has 2 N–H and O–H groups in total. The largest absolute Gasteiger partial charge is 0.504 e. The summed E-state index contributed by atoms with van der Waals surface area (Å²) in [6.45, 7) is 1.27. The average molecular weight is 406 g/mol. The molecule has 2 heterocycles. The van der Waals surface area contributed by atoms with Crippen LogP contribution in [0.4, 0.5) is 0 Å². The number of aromatic hydroxyl groups is 1. The smallest absolute Gasteiger partial charge is 0.166 e. The van der Waals surface area contributed by atoms with Crippen LogP contribution in [0.5, 0.6) is 11.5 Å². The van der Waals surface area contributed by atoms with Gasteiger partial charge in [-0.3, -0.25) is 0 Å². The van der Waals surface area contributed by atoms with E-state index in [0.717, 1.165) is 41.8 Å². The lowest BCUT2D eigenvalue weighted by atomic mass is 9.49. The predicted octanol–water partition coefficient (Wildman–Crippen LogP) is 2.75. The topological polar surface area (TPSA) is 74.5 Å². The number of nitrogens with zero attached hydrogens (tertiary/aromatic N) is 2. The van der Waals surface area contributed by atoms with Crippen LogP contribution in [0.15, 0.2) is 47.6 Å². The number of ether oxygens (including phenoxy) is 1. The molecule has 1 unspecified atom stereocenters. The maximum Gasteiger partial charge on any atom is 0.166 e. The number of benzene rings is 2. The van der Waals surface area contributed by atoms with Crippen LogP contribution in [0, 0.1) is 0 Å². The Morgan fingerprint density at radius 2 is 2.03 bits per heavy atom. The highest BCUT2D eigenvalue weighted by atomic mass is 16.6. The van der Waals surface area contributed by atoms with Gasteiger partial charge in [0.1, 0.15) is 6.61 Å². The number of likely N-dealkylation sites (tertiary alicyclic amines) is 1. The highest BCUT2D eigenvalue weighted by molar-refractivity contribution is 5.94. The fraction of sp³-hybridized carbons (Fsp3) is 0.458. The van der Waals surface area contributed by atoms with Crippen molar-refractivity contribution in [3.05, 3.63) is 59.2 Å². The Morgan fingerprint density at radius 1 is 1.20 bits per heavy atom. The minimum atomic E-state index is -0.908. The zero-order valence-corrected chi connectivity index (χ0v) is 17.0. The van der Waals surface area contributed by atoms with Crippen LogP contribution in [0.2, 0.25) is 0 Å². The Hall–Kier alpha value is -2.57. The molecule has 6 nitrogen and oxygen atoms in total. The lowest BCUT2D eigenvalue weighted by Crippen LogP contribution is -2.76. The summed E-state index contributed by atoms with van der Waals surface area (Å²) in [4.78, 5) is 8.00. The van der Waals surface area contributed by atoms with Crippen LogP contribution in [-0.4, -0.2) is 52.2 Å². The van der Waals surface area contributed by atoms with Crippen LogP contribution in [0.3, 0.4) is 0 Å². The molecular weight excluding hydrogens is 380 g/mol. The summed E-state index contributed by atoms with van der Waals surface area (Å²) < 4.78 is 6.39. The van der Waals surface area contributed by atoms with Gasteiger partial charge in [0.15, 0.2) is 17.6 Å². The van der Waals surface area contributed by atoms with Crippen LogP contribution in [-0.2, 0) is 23.3 Å². The first-order valence-electron chi connectivity index (χ1n) is 10.7. The second-order valence-electron chi connectivity index (χ2n) is 9.13. The van der Waals surface area contributed by atoms with Crippen LogP contribution in [0.25, 0.3) is 0 Å². The quantitative estimate of drug-likeness (QED) is 0.767. The molecule has 2 aliphatic carbocycles. The third-order valence-corrected chi connectivity index (χ3v) is 7.80. The number of aliphatic hydroxyl groups is 1. The second kappa shape index (κ2) is 6.22. The molecule has 30 heavy (non-hydrogen) atoms. The van der Waals surface area contributed by atoms with Crippen molar-refractivity contribution in [2.24, 2.45) is 5.16 Å². The normalized spacial score (nSPS) is 35.1. The summed E-state index contributed by atoms with van der Waals surface area (Å²) in [5.74, 6) is 0.665. The Kier molecular flexibility index (Phi) is 3.78. The van der Waals surface area contributed by atoms with E-state index in [9.17, 15) is 10.2 Å². The third-order valence-electron chi connectivity index (χ3n) is 7.80. The molecule has 156 valence electrons. The van der Waals surface area contributed by atoms with Crippen molar-refractivity contribution in [1.29, 1.82) is 0 Å². The number of hydrogen-bond donors (Lipinski definition) is 2. The molecule has 1 saturated heterocycles. The van der Waals surface area contributed by atoms with Gasteiger partial charge in [0.25, 0.3) is 0 Å². The van der Waals surface area contributed by atoms with E-state index in [1.54, 1.807) is 6.07 Å². The van der Waals surface area contributed by atoms with Gasteiger partial charge in [-0.05, 0) is 56.5 Å². The zero-order valence-electron chi connectivity index (χ0n) is 17.0. The van der Waals surface area contributed by atoms with Gasteiger partial charge in [-0.25, -0.2) is 0 Å². The van der Waals surface area contributed by atoms with Gasteiger partial charge in [0, 0.05) is 11.6 Å². The SMILES string of the molecule is CN1CC[C@]23c4c5ccc(O)c4O[C@H]2C(=NOCc2ccccc2)CCC3(O)[C@H]1C5. The van der Waals surface area contributed by atoms with E-state index in [-0.39, 0.29) is 11.8 Å². The van der Waals surface area contributed by atoms with Crippen molar-refractivity contribution < 1.29 is 19.8 Å². The minimum Gasteiger partial charge on any atom is -0.504 e. The summed E-state index contributed by atoms with van der Waals surface area (Å²) in [7, 11) is 2.10. The summed E-state index contributed by atoms with van der Waals surface area (Å²) in [5.41, 5.74) is 2.55. The number of piperidine rings is 1. The maximum absolute atomic E-state index is 12.1. The van der Waals surface area contributed by atoms with E-state index in [4.69, 9.17) is 9.57 Å². The number of phenolic OH excluding ortho intramolecular Hbond substituents is 1. The second-order valence-corrected chi connectivity index (χ2v) is 9.13. The first kappa shape index (κ1) is 18.2. The van der Waals surface area contributed by atoms with Crippen molar-refractivity contribution in [2.45, 2.75) is 55.5 Å². The van der Waals surface area contributed by atoms with Gasteiger partial charge in [-0.1, -0.05) is 41.6 Å². The molecule has 2 aliphatic heterocycles. The lowest BCUT2D eigenvalue weighted by molar-refractivity contribution is -0.161. The number of hydrogen-bond acceptors (Lipinski definition) is 6. The molecular formula is C24H26N2O4. The van der Waals surface area contributed by atoms with Gasteiger partial charge in [-0.15, -0.1) is 0 Å². The summed E-state index contributed by atoms with van der Waals surface area (Å²) >= 11 is 0. The number of rotatable bonds is 3. The van der Waals surface area contributed by atoms with E-state index in [1.807, 2.05) is 36.4 Å². The Labute approximate surface area is 175 Å². The summed E-state index contributed by atoms with van der Waals surface area (Å²) in [6.07, 6.45) is 2.36. The summed E-state index contributed by atoms with van der Waals surface area (Å²) in [5, 5.41) is 27.2. The molecule has 0 amide bonds. The first-order valence-corrected chi connectivity index (χ1v) is 10.7. The Balaban J connectivity index is 1.43. The lowest BCUT2D eigenvalue weighted by Gasteiger charge is -2.62. The molecule has 4 aliphatic rings. The van der Waals surface area contributed by atoms with E-state index < -0.39 is 17.1 Å². The maximum atomic E-state index is 12.1. The van der Waals surface area contributed by atoms with Gasteiger partial charge in [0.2, 0.25) is 0 Å². The zero-order chi connectivity index (χ0) is 20.5. The van der Waals surface area contributed by atoms with Crippen molar-refractivity contribution >= 4 is 5.71 Å². The Bertz CT molecular complexity index is 1040. The number of likely N-dealkylation sites (N-methyl/N-ethyl adjacent to an activating group) is 1. The van der Waals surface area contributed by atoms with E-state index in [0.29, 0.717) is 25.2 Å². The molecule has 1 spiro atoms. The average Bonchev–Trinajstić information content (AvgIpc) is 3.11. The Morgan fingerprint density at radius 3 is 2.87 bits per heavy atom. The van der Waals surface area contributed by atoms with Gasteiger partial charge in [0.05, 0.1) is 16.7 Å². The first-order chi connectivity index (χ1) is 14.5. The molecule has 2 fully saturated rings. The molecule has 4 atom stereocenters. The monoisotopic (exact) mass is 406 g/mol. The van der Waals surface area contributed by atoms with E-state index in [1.165, 1.54) is 0 Å². The van der Waals surface area contributed by atoms with Crippen molar-refractivity contribution in [1.82, 2.24) is 4.90 Å². The summed E-state index contributed by atoms with van der Waals surface area (Å²) in [6, 6.07) is 13.7. The van der Waals surface area contributed by atoms with Gasteiger partial charge < -0.3 is 24.7 Å². The molecule has 2 aromatic rings. The van der Waals surface area contributed by atoms with Crippen LogP contribution < -0.4 is 4.74 Å². The molecule has 6 heteroatoms. The minimum absolute atomic E-state index is 0.0344. The highest BCUT2D eigenvalue weighted by Crippen LogP contribution is 2.64. The fourth-order valence-electron chi connectivity index (χ4n) is 6.41. The van der Waals surface area contributed by atoms with Crippen molar-refractivity contribution in [3.63, 3.8) is 0 Å². The molecule has 2 bridgehead atoms. The van der Waals surface area contributed by atoms with Crippen molar-refractivity contribution in [2.75, 3.05) is 13.6 Å². The number of phenols is 1. The van der Waals surface area contributed by atoms with Crippen LogP contribution >= 0.6 is 0 Å². The molecule has 0 aromatic heterocycles. The molecule has 1 saturated carbocycles. The van der Waals surface area contributed by atoms with E-state index >= 15 is 0 Å². The molecule has 2 aromatic carbocycles. The molecule has 0 radical (unpaired) electrons. The van der Waals surface area contributed by atoms with Crippen LogP contribution in [0.1, 0.15) is 36.0 Å². The third kappa shape index (κ3) is 2.18. The standard InChI is InChI=1S/C24H26N2O4/c1-26-12-11-23-20-16-7-8-18(27)21(20)30-22(23)17(9-10-24(23,28)19(26)13-16)25-29-14-15-5-3-2-4-6-15/h2-8,19,22,27-28H,9-14H2,1H3/t19-,22+,23+,24?/m1/s1. The van der Waals surface area contributed by atoms with E-state index in [2.05, 4.69) is 17.1 Å². The van der Waals surface area contributed by atoms with Crippen molar-refractivity contribution in [3.8, 4) is 11.5 Å². The number of oxime groups is 1.